The summed E-state index contributed by atoms with van der Waals surface area (Å²) in [4.78, 5) is 12.7. The summed E-state index contributed by atoms with van der Waals surface area (Å²) < 4.78 is 15.9. The maximum Gasteiger partial charge on any atom is 0.173 e. The molecule has 20 heavy (non-hydrogen) atoms. The molecule has 0 radical (unpaired) electrons. The molecule has 1 aromatic rings. The van der Waals surface area contributed by atoms with Gasteiger partial charge in [0.25, 0.3) is 0 Å². The van der Waals surface area contributed by atoms with Gasteiger partial charge in [-0.3, -0.25) is 4.79 Å². The highest BCUT2D eigenvalue weighted by molar-refractivity contribution is 6.01. The van der Waals surface area contributed by atoms with Gasteiger partial charge in [-0.15, -0.1) is 0 Å². The summed E-state index contributed by atoms with van der Waals surface area (Å²) in [6.07, 6.45) is 0. The number of carbonyl (C=O) groups is 1. The molecule has 1 fully saturated rings. The summed E-state index contributed by atoms with van der Waals surface area (Å²) in [5, 5.41) is 3.29. The SMILES string of the molecule is CCNC1COCC1C(=O)c1cc(OC)ccc1OC. The third-order valence-corrected chi connectivity index (χ3v) is 3.56. The molecule has 1 N–H and O–H groups in total. The van der Waals surface area contributed by atoms with Crippen LogP contribution in [0.3, 0.4) is 0 Å². The number of carbonyl (C=O) groups excluding carboxylic acids is 1. The molecule has 2 rings (SSSR count). The summed E-state index contributed by atoms with van der Waals surface area (Å²) in [6.45, 7) is 3.84. The Labute approximate surface area is 119 Å². The molecule has 0 spiro atoms. The number of ether oxygens (including phenoxy) is 3. The molecule has 1 saturated heterocycles. The Hall–Kier alpha value is -1.59. The number of hydrogen-bond donors (Lipinski definition) is 1. The predicted molar refractivity (Wildman–Crippen MR) is 75.7 cm³/mol. The smallest absolute Gasteiger partial charge is 0.173 e. The van der Waals surface area contributed by atoms with Crippen molar-refractivity contribution in [1.29, 1.82) is 0 Å². The zero-order valence-electron chi connectivity index (χ0n) is 12.1. The quantitative estimate of drug-likeness (QED) is 0.800. The van der Waals surface area contributed by atoms with Crippen molar-refractivity contribution in [1.82, 2.24) is 5.32 Å². The van der Waals surface area contributed by atoms with Gasteiger partial charge >= 0.3 is 0 Å². The van der Waals surface area contributed by atoms with E-state index >= 15 is 0 Å². The lowest BCUT2D eigenvalue weighted by atomic mass is 9.92. The second-order valence-corrected chi connectivity index (χ2v) is 4.74. The fourth-order valence-corrected chi connectivity index (χ4v) is 2.48. The molecule has 1 aliphatic rings. The number of benzene rings is 1. The van der Waals surface area contributed by atoms with E-state index in [-0.39, 0.29) is 17.7 Å². The van der Waals surface area contributed by atoms with Crippen LogP contribution in [0.1, 0.15) is 17.3 Å². The van der Waals surface area contributed by atoms with E-state index in [1.807, 2.05) is 6.92 Å². The molecule has 1 aliphatic heterocycles. The van der Waals surface area contributed by atoms with Crippen molar-refractivity contribution in [2.45, 2.75) is 13.0 Å². The van der Waals surface area contributed by atoms with E-state index in [0.29, 0.717) is 30.3 Å². The molecule has 2 atom stereocenters. The highest BCUT2D eigenvalue weighted by Gasteiger charge is 2.35. The Morgan fingerprint density at radius 2 is 2.15 bits per heavy atom. The topological polar surface area (TPSA) is 56.8 Å². The summed E-state index contributed by atoms with van der Waals surface area (Å²) in [5.74, 6) is 1.06. The number of ketones is 1. The highest BCUT2D eigenvalue weighted by atomic mass is 16.5. The van der Waals surface area contributed by atoms with Crippen molar-refractivity contribution < 1.29 is 19.0 Å². The first-order chi connectivity index (χ1) is 9.71. The number of hydrogen-bond acceptors (Lipinski definition) is 5. The average Bonchev–Trinajstić information content (AvgIpc) is 2.94. The van der Waals surface area contributed by atoms with Crippen molar-refractivity contribution >= 4 is 5.78 Å². The van der Waals surface area contributed by atoms with E-state index in [2.05, 4.69) is 5.32 Å². The highest BCUT2D eigenvalue weighted by Crippen LogP contribution is 2.29. The zero-order chi connectivity index (χ0) is 14.5. The van der Waals surface area contributed by atoms with Crippen LogP contribution in [0.15, 0.2) is 18.2 Å². The molecule has 5 heteroatoms. The number of nitrogens with one attached hydrogen (secondary N) is 1. The standard InChI is InChI=1S/C15H21NO4/c1-4-16-13-9-20-8-12(13)15(17)11-7-10(18-2)5-6-14(11)19-3/h5-7,12-13,16H,4,8-9H2,1-3H3. The maximum atomic E-state index is 12.7. The largest absolute Gasteiger partial charge is 0.497 e. The van der Waals surface area contributed by atoms with Gasteiger partial charge in [-0.25, -0.2) is 0 Å². The molecule has 1 aromatic carbocycles. The van der Waals surface area contributed by atoms with E-state index in [1.165, 1.54) is 0 Å². The van der Waals surface area contributed by atoms with Gasteiger partial charge in [-0.2, -0.15) is 0 Å². The lowest BCUT2D eigenvalue weighted by Crippen LogP contribution is -2.39. The maximum absolute atomic E-state index is 12.7. The van der Waals surface area contributed by atoms with Gasteiger partial charge in [0.05, 0.1) is 38.9 Å². The zero-order valence-corrected chi connectivity index (χ0v) is 12.1. The monoisotopic (exact) mass is 279 g/mol. The van der Waals surface area contributed by atoms with Crippen molar-refractivity contribution in [3.8, 4) is 11.5 Å². The van der Waals surface area contributed by atoms with Crippen LogP contribution in [0.5, 0.6) is 11.5 Å². The molecular weight excluding hydrogens is 258 g/mol. The van der Waals surface area contributed by atoms with Crippen LogP contribution in [0.25, 0.3) is 0 Å². The first kappa shape index (κ1) is 14.8. The van der Waals surface area contributed by atoms with Crippen LogP contribution in [0, 0.1) is 5.92 Å². The second kappa shape index (κ2) is 6.72. The number of likely N-dealkylation sites (N-methyl/N-ethyl adjacent to an activating group) is 1. The molecular formula is C15H21NO4. The summed E-state index contributed by atoms with van der Waals surface area (Å²) in [5.41, 5.74) is 0.547. The predicted octanol–water partition coefficient (Wildman–Crippen LogP) is 1.51. The fraction of sp³-hybridized carbons (Fsp3) is 0.533. The third kappa shape index (κ3) is 2.94. The minimum Gasteiger partial charge on any atom is -0.497 e. The molecule has 1 heterocycles. The Kier molecular flexibility index (Phi) is 4.98. The van der Waals surface area contributed by atoms with Gasteiger partial charge in [0.15, 0.2) is 5.78 Å². The first-order valence-electron chi connectivity index (χ1n) is 6.78. The van der Waals surface area contributed by atoms with E-state index in [4.69, 9.17) is 14.2 Å². The second-order valence-electron chi connectivity index (χ2n) is 4.74. The lowest BCUT2D eigenvalue weighted by molar-refractivity contribution is 0.0888. The van der Waals surface area contributed by atoms with Crippen molar-refractivity contribution in [2.75, 3.05) is 34.0 Å². The van der Waals surface area contributed by atoms with E-state index < -0.39 is 0 Å². The van der Waals surface area contributed by atoms with Crippen molar-refractivity contribution in [2.24, 2.45) is 5.92 Å². The number of Topliss-reactive ketones (excluding diaryl/α,β-unsaturated/α-hetero) is 1. The Morgan fingerprint density at radius 1 is 1.35 bits per heavy atom. The molecule has 0 aliphatic carbocycles. The molecule has 0 amide bonds. The molecule has 0 bridgehead atoms. The molecule has 2 unspecified atom stereocenters. The minimum atomic E-state index is -0.184. The number of rotatable bonds is 6. The summed E-state index contributed by atoms with van der Waals surface area (Å²) in [6, 6.07) is 5.32. The van der Waals surface area contributed by atoms with Gasteiger partial charge in [0.1, 0.15) is 11.5 Å². The molecule has 0 saturated carbocycles. The van der Waals surface area contributed by atoms with Gasteiger partial charge < -0.3 is 19.5 Å². The lowest BCUT2D eigenvalue weighted by Gasteiger charge is -2.18. The number of methoxy groups -OCH3 is 2. The van der Waals surface area contributed by atoms with Crippen molar-refractivity contribution in [3.05, 3.63) is 23.8 Å². The third-order valence-electron chi connectivity index (χ3n) is 3.56. The van der Waals surface area contributed by atoms with Crippen molar-refractivity contribution in [3.63, 3.8) is 0 Å². The minimum absolute atomic E-state index is 0.0317. The van der Waals surface area contributed by atoms with Gasteiger partial charge in [-0.05, 0) is 24.7 Å². The van der Waals surface area contributed by atoms with Crippen LogP contribution in [-0.2, 0) is 4.74 Å². The van der Waals surface area contributed by atoms with Gasteiger partial charge in [0.2, 0.25) is 0 Å². The molecule has 5 nitrogen and oxygen atoms in total. The van der Waals surface area contributed by atoms with Crippen LogP contribution >= 0.6 is 0 Å². The van der Waals surface area contributed by atoms with Gasteiger partial charge in [0, 0.05) is 6.04 Å². The summed E-state index contributed by atoms with van der Waals surface area (Å²) in [7, 11) is 3.14. The Balaban J connectivity index is 2.27. The molecule has 110 valence electrons. The Bertz CT molecular complexity index is 475. The fourth-order valence-electron chi connectivity index (χ4n) is 2.48. The normalized spacial score (nSPS) is 21.8. The Morgan fingerprint density at radius 3 is 2.80 bits per heavy atom. The van der Waals surface area contributed by atoms with Crippen LogP contribution in [-0.4, -0.2) is 45.8 Å². The first-order valence-corrected chi connectivity index (χ1v) is 6.78. The summed E-state index contributed by atoms with van der Waals surface area (Å²) >= 11 is 0. The average molecular weight is 279 g/mol. The van der Waals surface area contributed by atoms with Crippen LogP contribution in [0.2, 0.25) is 0 Å². The van der Waals surface area contributed by atoms with Crippen LogP contribution in [0.4, 0.5) is 0 Å². The van der Waals surface area contributed by atoms with Crippen LogP contribution < -0.4 is 14.8 Å². The van der Waals surface area contributed by atoms with Gasteiger partial charge in [-0.1, -0.05) is 6.92 Å². The van der Waals surface area contributed by atoms with E-state index in [1.54, 1.807) is 32.4 Å². The van der Waals surface area contributed by atoms with E-state index in [9.17, 15) is 4.79 Å². The van der Waals surface area contributed by atoms with E-state index in [0.717, 1.165) is 6.54 Å². The molecule has 0 aromatic heterocycles.